The lowest BCUT2D eigenvalue weighted by molar-refractivity contribution is 0.562. The number of hydrogen-bond donors (Lipinski definition) is 1. The van der Waals surface area contributed by atoms with Gasteiger partial charge >= 0.3 is 0 Å². The predicted octanol–water partition coefficient (Wildman–Crippen LogP) is 1.22. The zero-order valence-corrected chi connectivity index (χ0v) is 13.5. The van der Waals surface area contributed by atoms with Crippen LogP contribution in [0.25, 0.3) is 0 Å². The lowest BCUT2D eigenvalue weighted by Gasteiger charge is -2.12. The maximum absolute atomic E-state index is 12.1. The second-order valence-corrected chi connectivity index (χ2v) is 9.43. The molecule has 1 N–H and O–H groups in total. The minimum absolute atomic E-state index is 0.0412. The molecule has 0 spiro atoms. The average molecular weight is 368 g/mol. The Morgan fingerprint density at radius 2 is 2.05 bits per heavy atom. The summed E-state index contributed by atoms with van der Waals surface area (Å²) in [5, 5.41) is 0. The van der Waals surface area contributed by atoms with E-state index in [9.17, 15) is 16.8 Å². The Hall–Kier alpha value is -0.440. The van der Waals surface area contributed by atoms with Gasteiger partial charge in [0.05, 0.1) is 16.4 Å². The maximum atomic E-state index is 12.1. The fourth-order valence-electron chi connectivity index (χ4n) is 1.96. The summed E-state index contributed by atoms with van der Waals surface area (Å²) >= 11 is 3.30. The maximum Gasteiger partial charge on any atom is 0.240 e. The van der Waals surface area contributed by atoms with E-state index >= 15 is 0 Å². The Morgan fingerprint density at radius 3 is 2.58 bits per heavy atom. The lowest BCUT2D eigenvalue weighted by atomic mass is 10.2. The zero-order chi connectivity index (χ0) is 14.3. The molecule has 0 radical (unpaired) electrons. The van der Waals surface area contributed by atoms with E-state index in [0.717, 1.165) is 10.0 Å². The van der Waals surface area contributed by atoms with E-state index < -0.39 is 25.9 Å². The first-order chi connectivity index (χ1) is 8.70. The molecule has 1 aliphatic rings. The summed E-state index contributed by atoms with van der Waals surface area (Å²) in [6, 6.07) is 4.17. The van der Waals surface area contributed by atoms with E-state index in [-0.39, 0.29) is 16.4 Å². The van der Waals surface area contributed by atoms with Gasteiger partial charge < -0.3 is 0 Å². The van der Waals surface area contributed by atoms with Gasteiger partial charge in [0.25, 0.3) is 0 Å². The van der Waals surface area contributed by atoms with Crippen molar-refractivity contribution < 1.29 is 16.8 Å². The summed E-state index contributed by atoms with van der Waals surface area (Å²) in [4.78, 5) is 0.150. The molecule has 19 heavy (non-hydrogen) atoms. The normalized spacial score (nSPS) is 22.5. The van der Waals surface area contributed by atoms with Gasteiger partial charge in [0.2, 0.25) is 10.0 Å². The molecular weight excluding hydrogens is 354 g/mol. The number of benzene rings is 1. The molecule has 1 fully saturated rings. The SMILES string of the molecule is Cc1cc(S(=O)(=O)N[C@@H]2CCS(=O)(=O)C2)ccc1Br. The van der Waals surface area contributed by atoms with Crippen molar-refractivity contribution in [3.8, 4) is 0 Å². The quantitative estimate of drug-likeness (QED) is 0.870. The number of sulfone groups is 1. The first-order valence-corrected chi connectivity index (χ1v) is 9.78. The number of rotatable bonds is 3. The number of sulfonamides is 1. The number of hydrogen-bond acceptors (Lipinski definition) is 4. The highest BCUT2D eigenvalue weighted by atomic mass is 79.9. The van der Waals surface area contributed by atoms with E-state index in [1.165, 1.54) is 6.07 Å². The van der Waals surface area contributed by atoms with Gasteiger partial charge in [0.15, 0.2) is 9.84 Å². The van der Waals surface area contributed by atoms with Gasteiger partial charge in [-0.2, -0.15) is 0 Å². The van der Waals surface area contributed by atoms with E-state index in [4.69, 9.17) is 0 Å². The van der Waals surface area contributed by atoms with Gasteiger partial charge in [0.1, 0.15) is 0 Å². The third-order valence-electron chi connectivity index (χ3n) is 2.99. The molecule has 5 nitrogen and oxygen atoms in total. The number of nitrogens with one attached hydrogen (secondary N) is 1. The standard InChI is InChI=1S/C11H14BrNO4S2/c1-8-6-10(2-3-11(8)12)19(16,17)13-9-4-5-18(14,15)7-9/h2-3,6,9,13H,4-5,7H2,1H3/t9-/m1/s1. The van der Waals surface area contributed by atoms with Crippen LogP contribution in [0.4, 0.5) is 0 Å². The average Bonchev–Trinajstić information content (AvgIpc) is 2.61. The molecule has 1 saturated heterocycles. The molecule has 0 amide bonds. The monoisotopic (exact) mass is 367 g/mol. The summed E-state index contributed by atoms with van der Waals surface area (Å²) < 4.78 is 50.2. The van der Waals surface area contributed by atoms with Crippen LogP contribution in [0.5, 0.6) is 0 Å². The van der Waals surface area contributed by atoms with Crippen molar-refractivity contribution in [3.05, 3.63) is 28.2 Å². The summed E-state index contributed by atoms with van der Waals surface area (Å²) in [5.41, 5.74) is 0.807. The van der Waals surface area contributed by atoms with Crippen LogP contribution in [-0.4, -0.2) is 34.4 Å². The Balaban J connectivity index is 2.21. The third kappa shape index (κ3) is 3.56. The van der Waals surface area contributed by atoms with Crippen molar-refractivity contribution in [2.24, 2.45) is 0 Å². The number of halogens is 1. The lowest BCUT2D eigenvalue weighted by Crippen LogP contribution is -2.35. The van der Waals surface area contributed by atoms with Crippen LogP contribution in [0.2, 0.25) is 0 Å². The molecule has 1 aromatic rings. The van der Waals surface area contributed by atoms with Crippen molar-refractivity contribution in [2.75, 3.05) is 11.5 Å². The van der Waals surface area contributed by atoms with E-state index in [1.54, 1.807) is 19.1 Å². The second-order valence-electron chi connectivity index (χ2n) is 4.63. The van der Waals surface area contributed by atoms with Crippen molar-refractivity contribution in [2.45, 2.75) is 24.3 Å². The molecule has 1 heterocycles. The Morgan fingerprint density at radius 1 is 1.37 bits per heavy atom. The number of aryl methyl sites for hydroxylation is 1. The highest BCUT2D eigenvalue weighted by Gasteiger charge is 2.31. The van der Waals surface area contributed by atoms with E-state index in [1.807, 2.05) is 0 Å². The van der Waals surface area contributed by atoms with Crippen LogP contribution in [0, 0.1) is 6.92 Å². The van der Waals surface area contributed by atoms with E-state index in [2.05, 4.69) is 20.7 Å². The Labute approximate surface area is 121 Å². The molecule has 106 valence electrons. The van der Waals surface area contributed by atoms with Gasteiger partial charge in [-0.05, 0) is 37.1 Å². The Bertz CT molecular complexity index is 697. The predicted molar refractivity (Wildman–Crippen MR) is 76.3 cm³/mol. The molecule has 0 saturated carbocycles. The molecule has 1 aliphatic heterocycles. The van der Waals surface area contributed by atoms with E-state index in [0.29, 0.717) is 6.42 Å². The first-order valence-electron chi connectivity index (χ1n) is 5.68. The van der Waals surface area contributed by atoms with Crippen LogP contribution < -0.4 is 4.72 Å². The van der Waals surface area contributed by atoms with Gasteiger partial charge in [0, 0.05) is 10.5 Å². The fourth-order valence-corrected chi connectivity index (χ4v) is 5.34. The molecular formula is C11H14BrNO4S2. The van der Waals surface area contributed by atoms with Crippen molar-refractivity contribution in [3.63, 3.8) is 0 Å². The Kier molecular flexibility index (Phi) is 4.06. The van der Waals surface area contributed by atoms with Gasteiger partial charge in [-0.25, -0.2) is 21.6 Å². The molecule has 0 unspecified atom stereocenters. The summed E-state index contributed by atoms with van der Waals surface area (Å²) in [7, 11) is -6.77. The smallest absolute Gasteiger partial charge is 0.229 e. The topological polar surface area (TPSA) is 80.3 Å². The van der Waals surface area contributed by atoms with Gasteiger partial charge in [-0.15, -0.1) is 0 Å². The molecule has 0 bridgehead atoms. The van der Waals surface area contributed by atoms with Crippen LogP contribution in [0.15, 0.2) is 27.6 Å². The summed E-state index contributed by atoms with van der Waals surface area (Å²) in [6.07, 6.45) is 0.330. The zero-order valence-electron chi connectivity index (χ0n) is 10.3. The van der Waals surface area contributed by atoms with Crippen LogP contribution >= 0.6 is 15.9 Å². The van der Waals surface area contributed by atoms with Crippen molar-refractivity contribution in [1.82, 2.24) is 4.72 Å². The second kappa shape index (κ2) is 5.16. The van der Waals surface area contributed by atoms with Crippen LogP contribution in [0.3, 0.4) is 0 Å². The summed E-state index contributed by atoms with van der Waals surface area (Å²) in [6.45, 7) is 1.79. The minimum atomic E-state index is -3.67. The first kappa shape index (κ1) is 15.0. The minimum Gasteiger partial charge on any atom is -0.229 e. The highest BCUT2D eigenvalue weighted by Crippen LogP contribution is 2.21. The van der Waals surface area contributed by atoms with Crippen molar-refractivity contribution >= 4 is 35.8 Å². The molecule has 2 rings (SSSR count). The fraction of sp³-hybridized carbons (Fsp3) is 0.455. The van der Waals surface area contributed by atoms with Gasteiger partial charge in [-0.1, -0.05) is 15.9 Å². The third-order valence-corrected chi connectivity index (χ3v) is 7.17. The summed E-state index contributed by atoms with van der Waals surface area (Å²) in [5.74, 6) is -0.0821. The molecule has 8 heteroatoms. The molecule has 0 aromatic heterocycles. The van der Waals surface area contributed by atoms with Crippen molar-refractivity contribution in [1.29, 1.82) is 0 Å². The largest absolute Gasteiger partial charge is 0.240 e. The van der Waals surface area contributed by atoms with Crippen LogP contribution in [-0.2, 0) is 19.9 Å². The molecule has 0 aliphatic carbocycles. The molecule has 1 atom stereocenters. The molecule has 1 aromatic carbocycles. The highest BCUT2D eigenvalue weighted by molar-refractivity contribution is 9.10. The van der Waals surface area contributed by atoms with Gasteiger partial charge in [-0.3, -0.25) is 0 Å². The van der Waals surface area contributed by atoms with Crippen LogP contribution in [0.1, 0.15) is 12.0 Å².